The van der Waals surface area contributed by atoms with Gasteiger partial charge in [0.25, 0.3) is 5.91 Å². The van der Waals surface area contributed by atoms with E-state index in [9.17, 15) is 19.7 Å². The predicted molar refractivity (Wildman–Crippen MR) is 76.8 cm³/mol. The van der Waals surface area contributed by atoms with Crippen LogP contribution in [-0.4, -0.2) is 42.7 Å². The van der Waals surface area contributed by atoms with Crippen LogP contribution in [0.5, 0.6) is 0 Å². The zero-order valence-electron chi connectivity index (χ0n) is 12.6. The van der Waals surface area contributed by atoms with Crippen molar-refractivity contribution in [3.63, 3.8) is 0 Å². The maximum Gasteiger partial charge on any atom is 0.433 e. The smallest absolute Gasteiger partial charge is 0.433 e. The molecule has 0 saturated carbocycles. The van der Waals surface area contributed by atoms with Gasteiger partial charge < -0.3 is 19.2 Å². The van der Waals surface area contributed by atoms with Gasteiger partial charge in [-0.3, -0.25) is 14.9 Å². The number of furan rings is 1. The highest BCUT2D eigenvalue weighted by Gasteiger charge is 2.33. The lowest BCUT2D eigenvalue weighted by Gasteiger charge is -2.29. The van der Waals surface area contributed by atoms with Crippen molar-refractivity contribution in [2.75, 3.05) is 19.8 Å². The molecule has 1 aromatic rings. The molecule has 1 fully saturated rings. The topological polar surface area (TPSA) is 121 Å². The fourth-order valence-electron chi connectivity index (χ4n) is 2.39. The van der Waals surface area contributed by atoms with E-state index in [0.717, 1.165) is 12.5 Å². The van der Waals surface area contributed by atoms with Gasteiger partial charge in [0, 0.05) is 12.5 Å². The molecule has 0 bridgehead atoms. The average molecular weight is 326 g/mol. The van der Waals surface area contributed by atoms with Crippen LogP contribution in [0.15, 0.2) is 16.5 Å². The number of esters is 1. The Morgan fingerprint density at radius 1 is 1.52 bits per heavy atom. The minimum Gasteiger partial charge on any atom is -0.464 e. The van der Waals surface area contributed by atoms with Crippen molar-refractivity contribution < 1.29 is 28.4 Å². The Hall–Kier alpha value is -2.42. The SMILES string of the molecule is CCOC(=O)[C@H](NC(=O)c1ccc([N+](=O)[O-])o1)[C@H]1CCCOC1. The zero-order chi connectivity index (χ0) is 16.8. The number of nitrogens with one attached hydrogen (secondary N) is 1. The fraction of sp³-hybridized carbons (Fsp3) is 0.571. The van der Waals surface area contributed by atoms with Crippen LogP contribution in [0.1, 0.15) is 30.3 Å². The Morgan fingerprint density at radius 3 is 2.87 bits per heavy atom. The molecule has 0 aromatic carbocycles. The van der Waals surface area contributed by atoms with E-state index >= 15 is 0 Å². The second-order valence-corrected chi connectivity index (χ2v) is 5.08. The van der Waals surface area contributed by atoms with Gasteiger partial charge in [-0.15, -0.1) is 0 Å². The standard InChI is InChI=1S/C14H18N2O7/c1-2-22-14(18)12(9-4-3-7-21-8-9)15-13(17)10-5-6-11(23-10)16(19)20/h5-6,9,12H,2-4,7-8H2,1H3,(H,15,17)/t9-,12+/m0/s1. The first-order valence-electron chi connectivity index (χ1n) is 7.32. The molecule has 0 spiro atoms. The summed E-state index contributed by atoms with van der Waals surface area (Å²) in [6.45, 7) is 2.81. The molecular formula is C14H18N2O7. The van der Waals surface area contributed by atoms with Crippen molar-refractivity contribution in [2.45, 2.75) is 25.8 Å². The monoisotopic (exact) mass is 326 g/mol. The lowest BCUT2D eigenvalue weighted by molar-refractivity contribution is -0.402. The third-order valence-electron chi connectivity index (χ3n) is 3.49. The molecule has 2 atom stereocenters. The summed E-state index contributed by atoms with van der Waals surface area (Å²) in [5.41, 5.74) is 0. The third kappa shape index (κ3) is 4.28. The number of hydrogen-bond acceptors (Lipinski definition) is 7. The summed E-state index contributed by atoms with van der Waals surface area (Å²) in [5, 5.41) is 13.1. The van der Waals surface area contributed by atoms with Crippen LogP contribution in [-0.2, 0) is 14.3 Å². The van der Waals surface area contributed by atoms with E-state index in [4.69, 9.17) is 13.9 Å². The second kappa shape index (κ2) is 7.73. The Balaban J connectivity index is 2.10. The highest BCUT2D eigenvalue weighted by Crippen LogP contribution is 2.20. The number of nitro groups is 1. The van der Waals surface area contributed by atoms with Gasteiger partial charge in [-0.2, -0.15) is 0 Å². The summed E-state index contributed by atoms with van der Waals surface area (Å²) in [7, 11) is 0. The number of carbonyl (C=O) groups excluding carboxylic acids is 2. The molecular weight excluding hydrogens is 308 g/mol. The molecule has 2 heterocycles. The van der Waals surface area contributed by atoms with Gasteiger partial charge in [0.15, 0.2) is 5.76 Å². The van der Waals surface area contributed by atoms with Gasteiger partial charge in [0.1, 0.15) is 11.0 Å². The average Bonchev–Trinajstić information content (AvgIpc) is 3.03. The first-order valence-corrected chi connectivity index (χ1v) is 7.32. The molecule has 126 valence electrons. The summed E-state index contributed by atoms with van der Waals surface area (Å²) in [4.78, 5) is 34.1. The Bertz CT molecular complexity index is 577. The first-order chi connectivity index (χ1) is 11.0. The minimum atomic E-state index is -0.882. The second-order valence-electron chi connectivity index (χ2n) is 5.08. The van der Waals surface area contributed by atoms with Crippen LogP contribution in [0.25, 0.3) is 0 Å². The summed E-state index contributed by atoms with van der Waals surface area (Å²) < 4.78 is 15.2. The highest BCUT2D eigenvalue weighted by molar-refractivity contribution is 5.94. The molecule has 1 aromatic heterocycles. The lowest BCUT2D eigenvalue weighted by atomic mass is 9.93. The Labute approximate surface area is 132 Å². The summed E-state index contributed by atoms with van der Waals surface area (Å²) >= 11 is 0. The number of carbonyl (C=O) groups is 2. The summed E-state index contributed by atoms with van der Waals surface area (Å²) in [6.07, 6.45) is 1.49. The summed E-state index contributed by atoms with van der Waals surface area (Å²) in [5.74, 6) is -2.25. The lowest BCUT2D eigenvalue weighted by Crippen LogP contribution is -2.49. The van der Waals surface area contributed by atoms with Crippen molar-refractivity contribution in [3.05, 3.63) is 28.0 Å². The van der Waals surface area contributed by atoms with Crippen LogP contribution in [0.2, 0.25) is 0 Å². The number of rotatable bonds is 6. The molecule has 0 radical (unpaired) electrons. The summed E-state index contributed by atoms with van der Waals surface area (Å²) in [6, 6.07) is 1.39. The van der Waals surface area contributed by atoms with Crippen LogP contribution in [0.3, 0.4) is 0 Å². The van der Waals surface area contributed by atoms with Crippen LogP contribution < -0.4 is 5.32 Å². The highest BCUT2D eigenvalue weighted by atomic mass is 16.6. The van der Waals surface area contributed by atoms with E-state index in [-0.39, 0.29) is 18.3 Å². The van der Waals surface area contributed by atoms with E-state index in [1.165, 1.54) is 6.07 Å². The Morgan fingerprint density at radius 2 is 2.30 bits per heavy atom. The Kier molecular flexibility index (Phi) is 5.69. The molecule has 1 aliphatic rings. The van der Waals surface area contributed by atoms with Crippen LogP contribution in [0, 0.1) is 16.0 Å². The van der Waals surface area contributed by atoms with Gasteiger partial charge in [-0.25, -0.2) is 4.79 Å². The fourth-order valence-corrected chi connectivity index (χ4v) is 2.39. The maximum atomic E-state index is 12.2. The molecule has 9 nitrogen and oxygen atoms in total. The quantitative estimate of drug-likeness (QED) is 0.474. The van der Waals surface area contributed by atoms with E-state index in [1.54, 1.807) is 6.92 Å². The predicted octanol–water partition coefficient (Wildman–Crippen LogP) is 1.28. The number of hydrogen-bond donors (Lipinski definition) is 1. The third-order valence-corrected chi connectivity index (χ3v) is 3.49. The largest absolute Gasteiger partial charge is 0.464 e. The normalized spacial score (nSPS) is 18.9. The zero-order valence-corrected chi connectivity index (χ0v) is 12.6. The molecule has 9 heteroatoms. The van der Waals surface area contributed by atoms with E-state index in [0.29, 0.717) is 19.6 Å². The molecule has 2 rings (SSSR count). The van der Waals surface area contributed by atoms with E-state index < -0.39 is 28.7 Å². The van der Waals surface area contributed by atoms with Crippen molar-refractivity contribution in [3.8, 4) is 0 Å². The van der Waals surface area contributed by atoms with Crippen LogP contribution in [0.4, 0.5) is 5.88 Å². The number of nitrogens with zero attached hydrogens (tertiary/aromatic N) is 1. The molecule has 0 aliphatic carbocycles. The molecule has 1 amide bonds. The number of ether oxygens (including phenoxy) is 2. The van der Waals surface area contributed by atoms with Crippen molar-refractivity contribution >= 4 is 17.8 Å². The first kappa shape index (κ1) is 16.9. The minimum absolute atomic E-state index is 0.186. The van der Waals surface area contributed by atoms with E-state index in [1.807, 2.05) is 0 Å². The van der Waals surface area contributed by atoms with Crippen molar-refractivity contribution in [1.29, 1.82) is 0 Å². The van der Waals surface area contributed by atoms with Gasteiger partial charge >= 0.3 is 11.9 Å². The van der Waals surface area contributed by atoms with Gasteiger partial charge in [-0.1, -0.05) is 0 Å². The molecule has 23 heavy (non-hydrogen) atoms. The van der Waals surface area contributed by atoms with Crippen molar-refractivity contribution in [2.24, 2.45) is 5.92 Å². The van der Waals surface area contributed by atoms with Gasteiger partial charge in [0.05, 0.1) is 19.3 Å². The van der Waals surface area contributed by atoms with E-state index in [2.05, 4.69) is 5.32 Å². The molecule has 1 N–H and O–H groups in total. The molecule has 0 unspecified atom stereocenters. The van der Waals surface area contributed by atoms with Crippen LogP contribution >= 0.6 is 0 Å². The molecule has 1 saturated heterocycles. The molecule has 1 aliphatic heterocycles. The van der Waals surface area contributed by atoms with Crippen molar-refractivity contribution in [1.82, 2.24) is 5.32 Å². The maximum absolute atomic E-state index is 12.2. The van der Waals surface area contributed by atoms with Gasteiger partial charge in [-0.05, 0) is 25.8 Å². The van der Waals surface area contributed by atoms with Gasteiger partial charge in [0.2, 0.25) is 0 Å². The number of amides is 1.